The van der Waals surface area contributed by atoms with Crippen LogP contribution in [0.1, 0.15) is 11.1 Å². The van der Waals surface area contributed by atoms with Crippen LogP contribution in [-0.4, -0.2) is 5.78 Å². The molecule has 0 aliphatic rings. The van der Waals surface area contributed by atoms with Crippen LogP contribution < -0.4 is 11.5 Å². The second kappa shape index (κ2) is 5.40. The Morgan fingerprint density at radius 2 is 1.28 bits per heavy atom. The molecular weight excluding hydrogens is 243 g/mol. The average molecular weight is 258 g/mol. The molecule has 3 nitrogen and oxygen atoms in total. The van der Waals surface area contributed by atoms with Crippen molar-refractivity contribution in [1.29, 1.82) is 0 Å². The molecule has 0 heterocycles. The van der Waals surface area contributed by atoms with Crippen LogP contribution in [0.15, 0.2) is 60.7 Å². The largest absolute Gasteiger partial charge is 0.316 e. The van der Waals surface area contributed by atoms with Crippen molar-refractivity contribution in [2.24, 2.45) is 11.5 Å². The van der Waals surface area contributed by atoms with Crippen molar-refractivity contribution in [2.45, 2.75) is 11.3 Å². The molecule has 1 unspecified atom stereocenters. The fourth-order valence-electron chi connectivity index (χ4n) is 2.02. The van der Waals surface area contributed by atoms with Crippen LogP contribution in [0.3, 0.4) is 0 Å². The first-order valence-electron chi connectivity index (χ1n) is 5.67. The SMILES string of the molecule is NC(P=O)C(N)(c1ccccc1)c1ccccc1. The molecule has 0 spiro atoms. The molecule has 0 aromatic heterocycles. The smallest absolute Gasteiger partial charge is 0.176 e. The van der Waals surface area contributed by atoms with Gasteiger partial charge in [0, 0.05) is 0 Å². The third-order valence-corrected chi connectivity index (χ3v) is 3.72. The van der Waals surface area contributed by atoms with Gasteiger partial charge in [-0.15, -0.1) is 0 Å². The van der Waals surface area contributed by atoms with E-state index in [1.54, 1.807) is 0 Å². The van der Waals surface area contributed by atoms with Crippen LogP contribution in [0, 0.1) is 0 Å². The molecule has 4 N–H and O–H groups in total. The number of benzene rings is 2. The molecule has 0 bridgehead atoms. The molecule has 0 fully saturated rings. The van der Waals surface area contributed by atoms with E-state index < -0.39 is 11.3 Å². The Labute approximate surface area is 108 Å². The molecule has 0 radical (unpaired) electrons. The standard InChI is InChI=1S/C14H15N2OP/c15-13(18-17)14(16,11-7-3-1-4-8-11)12-9-5-2-6-10-12/h1-10,13H,15-16H2. The number of rotatable bonds is 4. The lowest BCUT2D eigenvalue weighted by Gasteiger charge is -2.33. The van der Waals surface area contributed by atoms with Crippen LogP contribution in [-0.2, 0) is 10.1 Å². The predicted molar refractivity (Wildman–Crippen MR) is 73.4 cm³/mol. The Hall–Kier alpha value is -1.54. The lowest BCUT2D eigenvalue weighted by molar-refractivity contribution is 0.497. The molecule has 1 atom stereocenters. The molecular formula is C14H15N2OP. The van der Waals surface area contributed by atoms with Crippen LogP contribution in [0.5, 0.6) is 0 Å². The zero-order valence-corrected chi connectivity index (χ0v) is 10.8. The van der Waals surface area contributed by atoms with Gasteiger partial charge in [-0.25, -0.2) is 0 Å². The molecule has 0 saturated heterocycles. The third kappa shape index (κ3) is 2.21. The van der Waals surface area contributed by atoms with Crippen LogP contribution in [0.25, 0.3) is 0 Å². The van der Waals surface area contributed by atoms with Gasteiger partial charge in [0.15, 0.2) is 8.46 Å². The fraction of sp³-hybridized carbons (Fsp3) is 0.143. The van der Waals surface area contributed by atoms with Gasteiger partial charge in [0.2, 0.25) is 0 Å². The van der Waals surface area contributed by atoms with Crippen LogP contribution in [0.4, 0.5) is 0 Å². The normalized spacial score (nSPS) is 13.4. The summed E-state index contributed by atoms with van der Waals surface area (Å²) in [7, 11) is -0.170. The summed E-state index contributed by atoms with van der Waals surface area (Å²) in [5.41, 5.74) is 13.2. The minimum atomic E-state index is -0.953. The summed E-state index contributed by atoms with van der Waals surface area (Å²) in [5, 5.41) is 0. The summed E-state index contributed by atoms with van der Waals surface area (Å²) in [6, 6.07) is 19.0. The average Bonchev–Trinajstić information content (AvgIpc) is 2.47. The number of nitrogens with two attached hydrogens (primary N) is 2. The summed E-state index contributed by atoms with van der Waals surface area (Å²) < 4.78 is 11.2. The van der Waals surface area contributed by atoms with Gasteiger partial charge >= 0.3 is 0 Å². The van der Waals surface area contributed by atoms with Crippen molar-refractivity contribution in [3.8, 4) is 0 Å². The highest BCUT2D eigenvalue weighted by Crippen LogP contribution is 2.33. The molecule has 2 aromatic carbocycles. The maximum atomic E-state index is 11.2. The van der Waals surface area contributed by atoms with E-state index >= 15 is 0 Å². The Kier molecular flexibility index (Phi) is 3.87. The van der Waals surface area contributed by atoms with Crippen molar-refractivity contribution in [2.75, 3.05) is 0 Å². The first-order valence-corrected chi connectivity index (χ1v) is 6.55. The van der Waals surface area contributed by atoms with Crippen molar-refractivity contribution in [3.05, 3.63) is 71.8 Å². The highest BCUT2D eigenvalue weighted by molar-refractivity contribution is 7.24. The summed E-state index contributed by atoms with van der Waals surface area (Å²) in [4.78, 5) is 0. The van der Waals surface area contributed by atoms with Gasteiger partial charge in [-0.05, 0) is 11.1 Å². The molecule has 0 aliphatic heterocycles. The highest BCUT2D eigenvalue weighted by atomic mass is 31.1. The molecule has 0 amide bonds. The summed E-state index contributed by atoms with van der Waals surface area (Å²) >= 11 is 0. The molecule has 0 aliphatic carbocycles. The van der Waals surface area contributed by atoms with E-state index in [2.05, 4.69) is 0 Å². The van der Waals surface area contributed by atoms with E-state index in [9.17, 15) is 4.57 Å². The lowest BCUT2D eigenvalue weighted by atomic mass is 9.83. The maximum absolute atomic E-state index is 11.2. The van der Waals surface area contributed by atoms with E-state index in [-0.39, 0.29) is 8.46 Å². The number of hydrogen-bond donors (Lipinski definition) is 2. The van der Waals surface area contributed by atoms with Gasteiger partial charge in [0.1, 0.15) is 5.78 Å². The highest BCUT2D eigenvalue weighted by Gasteiger charge is 2.36. The minimum Gasteiger partial charge on any atom is -0.316 e. The molecule has 18 heavy (non-hydrogen) atoms. The van der Waals surface area contributed by atoms with Gasteiger partial charge in [-0.1, -0.05) is 60.7 Å². The van der Waals surface area contributed by atoms with Gasteiger partial charge in [0.05, 0.1) is 5.54 Å². The van der Waals surface area contributed by atoms with E-state index in [0.29, 0.717) is 0 Å². The number of hydrogen-bond acceptors (Lipinski definition) is 3. The van der Waals surface area contributed by atoms with E-state index in [4.69, 9.17) is 11.5 Å². The molecule has 2 rings (SSSR count). The zero-order valence-electron chi connectivity index (χ0n) is 9.86. The van der Waals surface area contributed by atoms with E-state index in [1.165, 1.54) is 0 Å². The van der Waals surface area contributed by atoms with Crippen molar-refractivity contribution in [1.82, 2.24) is 0 Å². The van der Waals surface area contributed by atoms with Crippen LogP contribution in [0.2, 0.25) is 0 Å². The van der Waals surface area contributed by atoms with Crippen molar-refractivity contribution in [3.63, 3.8) is 0 Å². The Morgan fingerprint density at radius 3 is 1.61 bits per heavy atom. The monoisotopic (exact) mass is 258 g/mol. The topological polar surface area (TPSA) is 69.1 Å². The van der Waals surface area contributed by atoms with E-state index in [1.807, 2.05) is 60.7 Å². The van der Waals surface area contributed by atoms with Gasteiger partial charge in [0.25, 0.3) is 0 Å². The second-order valence-electron chi connectivity index (χ2n) is 4.15. The van der Waals surface area contributed by atoms with Gasteiger partial charge in [-0.2, -0.15) is 0 Å². The summed E-state index contributed by atoms with van der Waals surface area (Å²) in [5.74, 6) is -0.692. The molecule has 0 saturated carbocycles. The molecule has 4 heteroatoms. The second-order valence-corrected chi connectivity index (χ2v) is 4.92. The quantitative estimate of drug-likeness (QED) is 0.828. The summed E-state index contributed by atoms with van der Waals surface area (Å²) in [6.07, 6.45) is 0. The summed E-state index contributed by atoms with van der Waals surface area (Å²) in [6.45, 7) is 0. The van der Waals surface area contributed by atoms with Crippen LogP contribution >= 0.6 is 8.46 Å². The van der Waals surface area contributed by atoms with Crippen molar-refractivity contribution >= 4 is 8.46 Å². The fourth-order valence-corrected chi connectivity index (χ4v) is 2.48. The zero-order chi connectivity index (χ0) is 13.0. The first-order chi connectivity index (χ1) is 8.69. The lowest BCUT2D eigenvalue weighted by Crippen LogP contribution is -2.50. The van der Waals surface area contributed by atoms with Crippen molar-refractivity contribution < 1.29 is 4.57 Å². The Bertz CT molecular complexity index is 476. The minimum absolute atomic E-state index is 0.170. The van der Waals surface area contributed by atoms with Gasteiger partial charge < -0.3 is 11.5 Å². The maximum Gasteiger partial charge on any atom is 0.176 e. The van der Waals surface area contributed by atoms with Gasteiger partial charge in [-0.3, -0.25) is 4.57 Å². The van der Waals surface area contributed by atoms with E-state index in [0.717, 1.165) is 11.1 Å². The molecule has 92 valence electrons. The molecule has 2 aromatic rings. The Balaban J connectivity index is 2.59. The predicted octanol–water partition coefficient (Wildman–Crippen LogP) is 2.47. The Morgan fingerprint density at radius 1 is 0.889 bits per heavy atom. The third-order valence-electron chi connectivity index (χ3n) is 3.08. The first kappa shape index (κ1) is 12.9.